The first kappa shape index (κ1) is 14.9. The second kappa shape index (κ2) is 6.27. The summed E-state index contributed by atoms with van der Waals surface area (Å²) in [5.41, 5.74) is 3.69. The van der Waals surface area contributed by atoms with Crippen LogP contribution in [0.25, 0.3) is 0 Å². The minimum absolute atomic E-state index is 0.160. The number of rotatable bonds is 6. The zero-order valence-electron chi connectivity index (χ0n) is 13.2. The molecule has 0 spiro atoms. The summed E-state index contributed by atoms with van der Waals surface area (Å²) in [5.74, 6) is 2.00. The van der Waals surface area contributed by atoms with E-state index in [1.807, 2.05) is 24.7 Å². The molecule has 0 amide bonds. The summed E-state index contributed by atoms with van der Waals surface area (Å²) in [6.07, 6.45) is 5.18. The zero-order chi connectivity index (χ0) is 14.7. The first-order valence-corrected chi connectivity index (χ1v) is 7.40. The Balaban J connectivity index is 2.41. The standard InChI is InChI=1S/C16H25N3O/c1-6-8-17-16(14-9-18-19(7-2)10-14)15-11(3)12(4)20-13(15)5/h9-10,16-17H,6-8H2,1-5H3. The molecule has 1 N–H and O–H groups in total. The smallest absolute Gasteiger partial charge is 0.106 e. The number of furan rings is 1. The fourth-order valence-electron chi connectivity index (χ4n) is 2.61. The Morgan fingerprint density at radius 3 is 2.50 bits per heavy atom. The highest BCUT2D eigenvalue weighted by Gasteiger charge is 2.23. The first-order valence-electron chi connectivity index (χ1n) is 7.40. The van der Waals surface area contributed by atoms with Crippen LogP contribution in [0.15, 0.2) is 16.8 Å². The van der Waals surface area contributed by atoms with Crippen LogP contribution in [0.3, 0.4) is 0 Å². The molecule has 1 atom stereocenters. The van der Waals surface area contributed by atoms with Crippen LogP contribution in [-0.4, -0.2) is 16.3 Å². The minimum atomic E-state index is 0.160. The second-order valence-electron chi connectivity index (χ2n) is 5.27. The Labute approximate surface area is 121 Å². The monoisotopic (exact) mass is 275 g/mol. The number of aromatic nitrogens is 2. The normalized spacial score (nSPS) is 12.8. The topological polar surface area (TPSA) is 43.0 Å². The van der Waals surface area contributed by atoms with Crippen molar-refractivity contribution in [3.63, 3.8) is 0 Å². The lowest BCUT2D eigenvalue weighted by atomic mass is 9.97. The maximum Gasteiger partial charge on any atom is 0.106 e. The Hall–Kier alpha value is -1.55. The van der Waals surface area contributed by atoms with Gasteiger partial charge >= 0.3 is 0 Å². The van der Waals surface area contributed by atoms with Gasteiger partial charge < -0.3 is 9.73 Å². The lowest BCUT2D eigenvalue weighted by molar-refractivity contribution is 0.492. The lowest BCUT2D eigenvalue weighted by Gasteiger charge is -2.18. The molecule has 0 aromatic carbocycles. The summed E-state index contributed by atoms with van der Waals surface area (Å²) < 4.78 is 7.76. The molecule has 0 radical (unpaired) electrons. The molecule has 0 fully saturated rings. The zero-order valence-corrected chi connectivity index (χ0v) is 13.2. The van der Waals surface area contributed by atoms with E-state index in [9.17, 15) is 0 Å². The quantitative estimate of drug-likeness (QED) is 0.877. The van der Waals surface area contributed by atoms with Gasteiger partial charge in [-0.25, -0.2) is 0 Å². The van der Waals surface area contributed by atoms with Crippen molar-refractivity contribution in [3.05, 3.63) is 40.6 Å². The van der Waals surface area contributed by atoms with Gasteiger partial charge in [0, 0.05) is 23.9 Å². The van der Waals surface area contributed by atoms with Gasteiger partial charge in [-0.05, 0) is 46.2 Å². The van der Waals surface area contributed by atoms with Crippen LogP contribution in [-0.2, 0) is 6.54 Å². The molecule has 1 unspecified atom stereocenters. The van der Waals surface area contributed by atoms with E-state index in [4.69, 9.17) is 4.42 Å². The van der Waals surface area contributed by atoms with Gasteiger partial charge in [-0.1, -0.05) is 6.92 Å². The maximum absolute atomic E-state index is 5.79. The van der Waals surface area contributed by atoms with Crippen molar-refractivity contribution in [2.24, 2.45) is 0 Å². The van der Waals surface area contributed by atoms with Crippen LogP contribution in [0.4, 0.5) is 0 Å². The molecule has 4 nitrogen and oxygen atoms in total. The summed E-state index contributed by atoms with van der Waals surface area (Å²) in [6, 6.07) is 0.160. The van der Waals surface area contributed by atoms with Gasteiger partial charge in [0.1, 0.15) is 11.5 Å². The molecule has 110 valence electrons. The largest absolute Gasteiger partial charge is 0.466 e. The van der Waals surface area contributed by atoms with Crippen molar-refractivity contribution >= 4 is 0 Å². The van der Waals surface area contributed by atoms with Crippen LogP contribution < -0.4 is 5.32 Å². The van der Waals surface area contributed by atoms with E-state index in [0.717, 1.165) is 31.0 Å². The number of nitrogens with zero attached hydrogens (tertiary/aromatic N) is 2. The van der Waals surface area contributed by atoms with Crippen molar-refractivity contribution in [2.75, 3.05) is 6.54 Å². The Kier molecular flexibility index (Phi) is 4.65. The van der Waals surface area contributed by atoms with Gasteiger partial charge in [0.15, 0.2) is 0 Å². The van der Waals surface area contributed by atoms with Gasteiger partial charge in [0.2, 0.25) is 0 Å². The average Bonchev–Trinajstić information content (AvgIpc) is 2.99. The Morgan fingerprint density at radius 2 is 2.00 bits per heavy atom. The van der Waals surface area contributed by atoms with Gasteiger partial charge in [-0.15, -0.1) is 0 Å². The van der Waals surface area contributed by atoms with Crippen LogP contribution >= 0.6 is 0 Å². The van der Waals surface area contributed by atoms with Crippen LogP contribution in [0, 0.1) is 20.8 Å². The second-order valence-corrected chi connectivity index (χ2v) is 5.27. The SMILES string of the molecule is CCCNC(c1cnn(CC)c1)c1c(C)oc(C)c1C. The maximum atomic E-state index is 5.79. The highest BCUT2D eigenvalue weighted by atomic mass is 16.3. The minimum Gasteiger partial charge on any atom is -0.466 e. The van der Waals surface area contributed by atoms with E-state index in [2.05, 4.69) is 37.4 Å². The molecule has 0 bridgehead atoms. The van der Waals surface area contributed by atoms with Crippen molar-refractivity contribution in [1.82, 2.24) is 15.1 Å². The van der Waals surface area contributed by atoms with E-state index >= 15 is 0 Å². The molecule has 0 aliphatic rings. The molecule has 20 heavy (non-hydrogen) atoms. The van der Waals surface area contributed by atoms with Crippen LogP contribution in [0.2, 0.25) is 0 Å². The van der Waals surface area contributed by atoms with Gasteiger partial charge in [-0.3, -0.25) is 4.68 Å². The predicted octanol–water partition coefficient (Wildman–Crippen LogP) is 3.51. The molecule has 4 heteroatoms. The van der Waals surface area contributed by atoms with Crippen molar-refractivity contribution in [2.45, 2.75) is 53.6 Å². The van der Waals surface area contributed by atoms with E-state index in [0.29, 0.717) is 0 Å². The molecular formula is C16H25N3O. The predicted molar refractivity (Wildman–Crippen MR) is 81.0 cm³/mol. The van der Waals surface area contributed by atoms with Crippen molar-refractivity contribution in [3.8, 4) is 0 Å². The molecule has 0 aliphatic heterocycles. The van der Waals surface area contributed by atoms with Crippen molar-refractivity contribution in [1.29, 1.82) is 0 Å². The molecular weight excluding hydrogens is 250 g/mol. The molecule has 2 aromatic rings. The molecule has 0 saturated carbocycles. The average molecular weight is 275 g/mol. The lowest BCUT2D eigenvalue weighted by Crippen LogP contribution is -2.23. The van der Waals surface area contributed by atoms with Crippen LogP contribution in [0.1, 0.15) is 54.5 Å². The number of nitrogens with one attached hydrogen (secondary N) is 1. The molecule has 2 heterocycles. The number of aryl methyl sites for hydroxylation is 3. The molecule has 0 aliphatic carbocycles. The van der Waals surface area contributed by atoms with E-state index in [-0.39, 0.29) is 6.04 Å². The third kappa shape index (κ3) is 2.80. The van der Waals surface area contributed by atoms with Gasteiger partial charge in [0.05, 0.1) is 12.2 Å². The summed E-state index contributed by atoms with van der Waals surface area (Å²) in [7, 11) is 0. The van der Waals surface area contributed by atoms with Gasteiger partial charge in [0.25, 0.3) is 0 Å². The summed E-state index contributed by atoms with van der Waals surface area (Å²) >= 11 is 0. The molecule has 0 saturated heterocycles. The molecule has 2 rings (SSSR count). The van der Waals surface area contributed by atoms with Gasteiger partial charge in [-0.2, -0.15) is 5.10 Å². The number of hydrogen-bond acceptors (Lipinski definition) is 3. The van der Waals surface area contributed by atoms with Crippen molar-refractivity contribution < 1.29 is 4.42 Å². The summed E-state index contributed by atoms with van der Waals surface area (Å²) in [5, 5.41) is 8.02. The summed E-state index contributed by atoms with van der Waals surface area (Å²) in [4.78, 5) is 0. The van der Waals surface area contributed by atoms with E-state index in [1.165, 1.54) is 16.7 Å². The first-order chi connectivity index (χ1) is 9.58. The third-order valence-corrected chi connectivity index (χ3v) is 3.82. The Morgan fingerprint density at radius 1 is 1.25 bits per heavy atom. The van der Waals surface area contributed by atoms with Crippen LogP contribution in [0.5, 0.6) is 0 Å². The Bertz CT molecular complexity index is 568. The highest BCUT2D eigenvalue weighted by molar-refractivity contribution is 5.39. The highest BCUT2D eigenvalue weighted by Crippen LogP contribution is 2.31. The third-order valence-electron chi connectivity index (χ3n) is 3.82. The molecule has 2 aromatic heterocycles. The van der Waals surface area contributed by atoms with E-state index < -0.39 is 0 Å². The number of hydrogen-bond donors (Lipinski definition) is 1. The van der Waals surface area contributed by atoms with E-state index in [1.54, 1.807) is 0 Å². The fourth-order valence-corrected chi connectivity index (χ4v) is 2.61. The summed E-state index contributed by atoms with van der Waals surface area (Å²) in [6.45, 7) is 12.3. The fraction of sp³-hybridized carbons (Fsp3) is 0.562.